The maximum Gasteiger partial charge on any atom is 0.312 e. The lowest BCUT2D eigenvalue weighted by Gasteiger charge is -2.26. The molecule has 0 aliphatic carbocycles. The third-order valence-corrected chi connectivity index (χ3v) is 6.20. The molecule has 1 aliphatic heterocycles. The van der Waals surface area contributed by atoms with E-state index in [4.69, 9.17) is 5.73 Å². The van der Waals surface area contributed by atoms with Crippen molar-refractivity contribution in [2.75, 3.05) is 18.4 Å². The second kappa shape index (κ2) is 8.50. The molecule has 1 aromatic rings. The number of anilines is 1. The van der Waals surface area contributed by atoms with Crippen LogP contribution in [0.5, 0.6) is 0 Å². The largest absolute Gasteiger partial charge is 0.352 e. The van der Waals surface area contributed by atoms with Crippen LogP contribution in [0.15, 0.2) is 29.2 Å². The zero-order valence-electron chi connectivity index (χ0n) is 15.1. The summed E-state index contributed by atoms with van der Waals surface area (Å²) < 4.78 is 27.0. The summed E-state index contributed by atoms with van der Waals surface area (Å²) in [5.41, 5.74) is 5.46. The number of amides is 3. The van der Waals surface area contributed by atoms with Crippen molar-refractivity contribution in [3.63, 3.8) is 0 Å². The molecule has 1 aliphatic rings. The molecule has 0 spiro atoms. The zero-order chi connectivity index (χ0) is 19.3. The van der Waals surface area contributed by atoms with Crippen molar-refractivity contribution < 1.29 is 18.0 Å². The second-order valence-corrected chi connectivity index (χ2v) is 8.65. The van der Waals surface area contributed by atoms with Gasteiger partial charge >= 0.3 is 6.03 Å². The molecule has 3 amide bonds. The van der Waals surface area contributed by atoms with E-state index in [2.05, 4.69) is 10.6 Å². The Hall–Kier alpha value is -2.13. The summed E-state index contributed by atoms with van der Waals surface area (Å²) in [7, 11) is -3.58. The lowest BCUT2D eigenvalue weighted by atomic mass is 10.0. The summed E-state index contributed by atoms with van der Waals surface area (Å²) >= 11 is 0. The van der Waals surface area contributed by atoms with Crippen LogP contribution in [0.3, 0.4) is 0 Å². The van der Waals surface area contributed by atoms with Crippen molar-refractivity contribution in [2.45, 2.75) is 44.0 Å². The zero-order valence-corrected chi connectivity index (χ0v) is 15.9. The van der Waals surface area contributed by atoms with Gasteiger partial charge in [0.05, 0.1) is 4.90 Å². The first-order chi connectivity index (χ1) is 12.2. The molecule has 1 heterocycles. The number of nitrogens with one attached hydrogen (secondary N) is 2. The minimum absolute atomic E-state index is 0.140. The Bertz CT molecular complexity index is 758. The van der Waals surface area contributed by atoms with Crippen LogP contribution in [-0.4, -0.2) is 43.8 Å². The Morgan fingerprint density at radius 2 is 1.81 bits per heavy atom. The van der Waals surface area contributed by atoms with Crippen molar-refractivity contribution in [3.05, 3.63) is 24.3 Å². The number of hydrogen-bond donors (Lipinski definition) is 3. The minimum atomic E-state index is -3.58. The summed E-state index contributed by atoms with van der Waals surface area (Å²) in [6.07, 6.45) is 2.74. The minimum Gasteiger partial charge on any atom is -0.352 e. The molecular weight excluding hydrogens is 356 g/mol. The Balaban J connectivity index is 2.18. The topological polar surface area (TPSA) is 122 Å². The monoisotopic (exact) mass is 382 g/mol. The van der Waals surface area contributed by atoms with E-state index < -0.39 is 28.0 Å². The Morgan fingerprint density at radius 1 is 1.15 bits per heavy atom. The highest BCUT2D eigenvalue weighted by Crippen LogP contribution is 2.23. The SMILES string of the molecule is CC(C)[C@@H](NC(N)=O)C(=O)Nc1cccc(S(=O)(=O)N2CCCCC2)c1. The van der Waals surface area contributed by atoms with Gasteiger partial charge in [-0.05, 0) is 37.0 Å². The lowest BCUT2D eigenvalue weighted by Crippen LogP contribution is -2.49. The van der Waals surface area contributed by atoms with Gasteiger partial charge < -0.3 is 16.4 Å². The number of carbonyl (C=O) groups is 2. The van der Waals surface area contributed by atoms with Gasteiger partial charge in [-0.25, -0.2) is 13.2 Å². The van der Waals surface area contributed by atoms with E-state index in [1.165, 1.54) is 16.4 Å². The van der Waals surface area contributed by atoms with Crippen molar-refractivity contribution in [1.82, 2.24) is 9.62 Å². The number of sulfonamides is 1. The highest BCUT2D eigenvalue weighted by molar-refractivity contribution is 7.89. The Labute approximate surface area is 154 Å². The number of carbonyl (C=O) groups excluding carboxylic acids is 2. The van der Waals surface area contributed by atoms with Gasteiger partial charge in [-0.2, -0.15) is 4.31 Å². The van der Waals surface area contributed by atoms with E-state index in [1.54, 1.807) is 26.0 Å². The number of hydrogen-bond acceptors (Lipinski definition) is 4. The molecule has 1 fully saturated rings. The van der Waals surface area contributed by atoms with E-state index in [0.29, 0.717) is 18.8 Å². The molecule has 0 bridgehead atoms. The maximum absolute atomic E-state index is 12.8. The quantitative estimate of drug-likeness (QED) is 0.690. The molecule has 144 valence electrons. The summed E-state index contributed by atoms with van der Waals surface area (Å²) in [5, 5.41) is 5.05. The van der Waals surface area contributed by atoms with Gasteiger partial charge in [-0.3, -0.25) is 4.79 Å². The van der Waals surface area contributed by atoms with Crippen molar-refractivity contribution in [1.29, 1.82) is 0 Å². The van der Waals surface area contributed by atoms with E-state index in [1.807, 2.05) is 0 Å². The van der Waals surface area contributed by atoms with Crippen LogP contribution < -0.4 is 16.4 Å². The van der Waals surface area contributed by atoms with Crippen LogP contribution in [0.2, 0.25) is 0 Å². The van der Waals surface area contributed by atoms with Crippen LogP contribution in [0.4, 0.5) is 10.5 Å². The molecule has 2 rings (SSSR count). The normalized spacial score (nSPS) is 16.9. The van der Waals surface area contributed by atoms with Gasteiger partial charge in [0.2, 0.25) is 15.9 Å². The van der Waals surface area contributed by atoms with Gasteiger partial charge in [0.15, 0.2) is 0 Å². The molecule has 1 aromatic carbocycles. The number of benzene rings is 1. The molecule has 0 unspecified atom stereocenters. The van der Waals surface area contributed by atoms with E-state index >= 15 is 0 Å². The molecule has 0 aromatic heterocycles. The van der Waals surface area contributed by atoms with Crippen LogP contribution >= 0.6 is 0 Å². The van der Waals surface area contributed by atoms with Gasteiger partial charge in [-0.1, -0.05) is 26.3 Å². The van der Waals surface area contributed by atoms with Gasteiger partial charge in [0.25, 0.3) is 0 Å². The van der Waals surface area contributed by atoms with E-state index in [0.717, 1.165) is 19.3 Å². The average Bonchev–Trinajstić information content (AvgIpc) is 2.60. The standard InChI is InChI=1S/C17H26N4O4S/c1-12(2)15(20-17(18)23)16(22)19-13-7-6-8-14(11-13)26(24,25)21-9-4-3-5-10-21/h6-8,11-12,15H,3-5,9-10H2,1-2H3,(H,19,22)(H3,18,20,23)/t15-/m1/s1. The maximum atomic E-state index is 12.8. The lowest BCUT2D eigenvalue weighted by molar-refractivity contribution is -0.118. The van der Waals surface area contributed by atoms with Crippen molar-refractivity contribution in [3.8, 4) is 0 Å². The number of nitrogens with zero attached hydrogens (tertiary/aromatic N) is 1. The van der Waals surface area contributed by atoms with Crippen molar-refractivity contribution in [2.24, 2.45) is 11.7 Å². The summed E-state index contributed by atoms with van der Waals surface area (Å²) in [6.45, 7) is 4.57. The molecule has 4 N–H and O–H groups in total. The third-order valence-electron chi connectivity index (χ3n) is 4.30. The Morgan fingerprint density at radius 3 is 2.38 bits per heavy atom. The predicted octanol–water partition coefficient (Wildman–Crippen LogP) is 1.49. The fourth-order valence-electron chi connectivity index (χ4n) is 2.90. The van der Waals surface area contributed by atoms with Gasteiger partial charge in [-0.15, -0.1) is 0 Å². The average molecular weight is 382 g/mol. The number of urea groups is 1. The van der Waals surface area contributed by atoms with Gasteiger partial charge in [0.1, 0.15) is 6.04 Å². The second-order valence-electron chi connectivity index (χ2n) is 6.71. The highest BCUT2D eigenvalue weighted by atomic mass is 32.2. The molecule has 0 saturated carbocycles. The number of nitrogens with two attached hydrogens (primary N) is 1. The highest BCUT2D eigenvalue weighted by Gasteiger charge is 2.27. The summed E-state index contributed by atoms with van der Waals surface area (Å²) in [4.78, 5) is 23.6. The van der Waals surface area contributed by atoms with Crippen LogP contribution in [0.1, 0.15) is 33.1 Å². The fraction of sp³-hybridized carbons (Fsp3) is 0.529. The summed E-state index contributed by atoms with van der Waals surface area (Å²) in [6, 6.07) is 4.53. The Kier molecular flexibility index (Phi) is 6.60. The molecule has 1 atom stereocenters. The molecule has 1 saturated heterocycles. The molecule has 0 radical (unpaired) electrons. The van der Waals surface area contributed by atoms with E-state index in [-0.39, 0.29) is 10.8 Å². The number of primary amides is 1. The molecule has 8 nitrogen and oxygen atoms in total. The fourth-order valence-corrected chi connectivity index (χ4v) is 4.46. The number of piperidine rings is 1. The molecule has 26 heavy (non-hydrogen) atoms. The van der Waals surface area contributed by atoms with E-state index in [9.17, 15) is 18.0 Å². The van der Waals surface area contributed by atoms with Crippen LogP contribution in [0.25, 0.3) is 0 Å². The first-order valence-electron chi connectivity index (χ1n) is 8.69. The summed E-state index contributed by atoms with van der Waals surface area (Å²) in [5.74, 6) is -0.630. The van der Waals surface area contributed by atoms with Crippen LogP contribution in [0, 0.1) is 5.92 Å². The first-order valence-corrected chi connectivity index (χ1v) is 10.1. The predicted molar refractivity (Wildman–Crippen MR) is 99.0 cm³/mol. The van der Waals surface area contributed by atoms with Gasteiger partial charge in [0, 0.05) is 18.8 Å². The molecular formula is C17H26N4O4S. The van der Waals surface area contributed by atoms with Crippen LogP contribution in [-0.2, 0) is 14.8 Å². The molecule has 9 heteroatoms. The third kappa shape index (κ3) is 4.95. The smallest absolute Gasteiger partial charge is 0.312 e. The number of rotatable bonds is 6. The van der Waals surface area contributed by atoms with Crippen molar-refractivity contribution >= 4 is 27.6 Å². The first kappa shape index (κ1) is 20.2.